The van der Waals surface area contributed by atoms with Crippen molar-refractivity contribution in [3.63, 3.8) is 0 Å². The molecule has 146 valence electrons. The SMILES string of the molecule is CC(=O)O[As](OC(C)=O)OC(C)=O.CC(=O)[O][Al]([O]C(C)=O)[O]C(C)=O. The van der Waals surface area contributed by atoms with Gasteiger partial charge in [0, 0.05) is 20.8 Å². The smallest absolute Gasteiger partial charge is 0.551 e. The molecule has 0 fully saturated rings. The third-order valence-corrected chi connectivity index (χ3v) is 5.53. The van der Waals surface area contributed by atoms with Crippen LogP contribution in [0.4, 0.5) is 0 Å². The zero-order valence-corrected chi connectivity index (χ0v) is 18.0. The van der Waals surface area contributed by atoms with Crippen molar-refractivity contribution in [2.24, 2.45) is 0 Å². The Kier molecular flexibility index (Phi) is 14.2. The molecule has 0 atom stereocenters. The molecule has 0 aromatic rings. The van der Waals surface area contributed by atoms with Gasteiger partial charge in [0.1, 0.15) is 0 Å². The second kappa shape index (κ2) is 14.1. The molecule has 0 bridgehead atoms. The van der Waals surface area contributed by atoms with Crippen molar-refractivity contribution in [2.45, 2.75) is 41.5 Å². The van der Waals surface area contributed by atoms with Crippen molar-refractivity contribution in [3.05, 3.63) is 0 Å². The van der Waals surface area contributed by atoms with Crippen molar-refractivity contribution < 1.29 is 51.3 Å². The van der Waals surface area contributed by atoms with E-state index in [1.165, 1.54) is 0 Å². The summed E-state index contributed by atoms with van der Waals surface area (Å²) in [5, 5.41) is 0. The Morgan fingerprint density at radius 1 is 0.500 bits per heavy atom. The van der Waals surface area contributed by atoms with E-state index in [2.05, 4.69) is 22.5 Å². The molecule has 0 unspecified atom stereocenters. The van der Waals surface area contributed by atoms with Gasteiger partial charge in [0.2, 0.25) is 0 Å². The quantitative estimate of drug-likeness (QED) is 0.465. The van der Waals surface area contributed by atoms with Crippen LogP contribution >= 0.6 is 0 Å². The van der Waals surface area contributed by atoms with E-state index in [0.717, 1.165) is 41.5 Å². The normalized spacial score (nSPS) is 8.88. The molecule has 0 amide bonds. The van der Waals surface area contributed by atoms with Gasteiger partial charge >= 0.3 is 95.1 Å². The fourth-order valence-electron chi connectivity index (χ4n) is 0.849. The van der Waals surface area contributed by atoms with Crippen molar-refractivity contribution in [1.29, 1.82) is 0 Å². The van der Waals surface area contributed by atoms with E-state index in [1.807, 2.05) is 0 Å². The van der Waals surface area contributed by atoms with Gasteiger partial charge in [-0.2, -0.15) is 0 Å². The zero-order valence-electron chi connectivity index (χ0n) is 14.9. The van der Waals surface area contributed by atoms with Gasteiger partial charge in [-0.3, -0.25) is 14.4 Å². The van der Waals surface area contributed by atoms with Gasteiger partial charge in [-0.05, 0) is 0 Å². The van der Waals surface area contributed by atoms with E-state index >= 15 is 0 Å². The van der Waals surface area contributed by atoms with Crippen LogP contribution in [-0.4, -0.2) is 66.6 Å². The summed E-state index contributed by atoms with van der Waals surface area (Å²) in [5.74, 6) is -3.91. The molecule has 0 saturated heterocycles. The molecule has 12 nitrogen and oxygen atoms in total. The van der Waals surface area contributed by atoms with Crippen LogP contribution in [0.1, 0.15) is 41.5 Å². The average molecular weight is 456 g/mol. The fraction of sp³-hybridized carbons (Fsp3) is 0.500. The van der Waals surface area contributed by atoms with E-state index in [1.54, 1.807) is 0 Å². The summed E-state index contributed by atoms with van der Waals surface area (Å²) in [5.41, 5.74) is 0. The summed E-state index contributed by atoms with van der Waals surface area (Å²) in [4.78, 5) is 62.7. The fourth-order valence-corrected chi connectivity index (χ4v) is 3.36. The Labute approximate surface area is 159 Å². The Morgan fingerprint density at radius 3 is 0.885 bits per heavy atom. The number of rotatable bonds is 6. The maximum atomic E-state index is 10.4. The van der Waals surface area contributed by atoms with Gasteiger partial charge in [-0.25, -0.2) is 0 Å². The van der Waals surface area contributed by atoms with E-state index in [4.69, 9.17) is 0 Å². The third kappa shape index (κ3) is 20.0. The standard InChI is InChI=1S/C6H9AsO6.3C2H4O2.Al/c1-4(8)11-7(12-5(2)9)13-6(3)10;3*1-2(3)4;/h1-3H3;3*1H3,(H,3,4);/q;;;;+3/p-3. The summed E-state index contributed by atoms with van der Waals surface area (Å²) in [7, 11) is 0. The molecule has 0 aliphatic carbocycles. The first-order chi connectivity index (χ1) is 11.8. The molecular weight excluding hydrogens is 438 g/mol. The van der Waals surface area contributed by atoms with Crippen LogP contribution in [0.3, 0.4) is 0 Å². The Balaban J connectivity index is 0. The summed E-state index contributed by atoms with van der Waals surface area (Å²) >= 11 is -5.98. The van der Waals surface area contributed by atoms with Crippen LogP contribution in [0.5, 0.6) is 0 Å². The molecule has 0 aliphatic heterocycles. The first-order valence-corrected chi connectivity index (χ1v) is 10.4. The minimum atomic E-state index is -3.02. The second-order valence-corrected chi connectivity index (χ2v) is 7.46. The molecule has 0 N–H and O–H groups in total. The topological polar surface area (TPSA) is 158 Å². The molecule has 26 heavy (non-hydrogen) atoms. The van der Waals surface area contributed by atoms with Gasteiger partial charge in [0.05, 0.1) is 0 Å². The largest absolute Gasteiger partial charge is 1.20 e. The molecule has 0 rings (SSSR count). The Hall–Kier alpha value is -2.09. The average Bonchev–Trinajstić information content (AvgIpc) is 2.33. The summed E-state index contributed by atoms with van der Waals surface area (Å²) in [6, 6.07) is 0. The maximum absolute atomic E-state index is 10.4. The van der Waals surface area contributed by atoms with Crippen molar-refractivity contribution in [3.8, 4) is 0 Å². The Bertz CT molecular complexity index is 424. The second-order valence-electron chi connectivity index (χ2n) is 4.09. The summed E-state index contributed by atoms with van der Waals surface area (Å²) in [6.45, 7) is 6.80. The predicted octanol–water partition coefficient (Wildman–Crippen LogP) is -0.679. The minimum Gasteiger partial charge on any atom is -0.551 e. The van der Waals surface area contributed by atoms with Gasteiger partial charge in [0.15, 0.2) is 0 Å². The van der Waals surface area contributed by atoms with Crippen LogP contribution in [0.2, 0.25) is 0 Å². The number of hydrogen-bond donors (Lipinski definition) is 0. The number of carbonyl (C=O) groups is 6. The van der Waals surface area contributed by atoms with Gasteiger partial charge in [0.25, 0.3) is 17.9 Å². The number of hydrogen-bond acceptors (Lipinski definition) is 12. The molecule has 0 radical (unpaired) electrons. The van der Waals surface area contributed by atoms with Crippen molar-refractivity contribution in [1.82, 2.24) is 0 Å². The summed E-state index contributed by atoms with van der Waals surface area (Å²) in [6.07, 6.45) is 0. The van der Waals surface area contributed by atoms with E-state index in [-0.39, 0.29) is 0 Å². The first-order valence-electron chi connectivity index (χ1n) is 6.70. The maximum Gasteiger partial charge on any atom is 1.20 e. The molecule has 0 heterocycles. The molecule has 14 heteroatoms. The monoisotopic (exact) mass is 456 g/mol. The number of carbonyl (C=O) groups excluding carboxylic acids is 6. The van der Waals surface area contributed by atoms with Crippen molar-refractivity contribution in [2.75, 3.05) is 0 Å². The van der Waals surface area contributed by atoms with Crippen LogP contribution in [0.25, 0.3) is 0 Å². The van der Waals surface area contributed by atoms with Crippen LogP contribution in [0.15, 0.2) is 0 Å². The van der Waals surface area contributed by atoms with Gasteiger partial charge < -0.3 is 11.4 Å². The van der Waals surface area contributed by atoms with E-state index in [0.29, 0.717) is 0 Å². The summed E-state index contributed by atoms with van der Waals surface area (Å²) < 4.78 is 26.9. The van der Waals surface area contributed by atoms with Gasteiger partial charge in [-0.1, -0.05) is 0 Å². The minimum absolute atomic E-state index is 0.650. The molecule has 0 saturated carbocycles. The zero-order chi connectivity index (χ0) is 20.9. The van der Waals surface area contributed by atoms with Crippen molar-refractivity contribution >= 4 is 66.6 Å². The molecule has 0 aromatic carbocycles. The molecule has 0 aliphatic rings. The first kappa shape index (κ1) is 26.1. The van der Waals surface area contributed by atoms with Crippen LogP contribution < -0.4 is 0 Å². The Morgan fingerprint density at radius 2 is 0.731 bits per heavy atom. The molecule has 0 spiro atoms. The molecule has 0 aromatic heterocycles. The van der Waals surface area contributed by atoms with E-state index in [9.17, 15) is 28.8 Å². The third-order valence-electron chi connectivity index (χ3n) is 1.40. The molecular formula is C12H18AlAsO12. The van der Waals surface area contributed by atoms with Crippen LogP contribution in [0, 0.1) is 0 Å². The van der Waals surface area contributed by atoms with Crippen LogP contribution in [-0.2, 0) is 51.3 Å². The van der Waals surface area contributed by atoms with Gasteiger partial charge in [-0.15, -0.1) is 0 Å². The van der Waals surface area contributed by atoms with E-state index < -0.39 is 66.6 Å². The predicted molar refractivity (Wildman–Crippen MR) is 82.1 cm³/mol.